The van der Waals surface area contributed by atoms with Gasteiger partial charge in [-0.3, -0.25) is 9.36 Å². The van der Waals surface area contributed by atoms with E-state index in [1.165, 1.54) is 15.1 Å². The van der Waals surface area contributed by atoms with Gasteiger partial charge in [-0.05, 0) is 32.8 Å². The average Bonchev–Trinajstić information content (AvgIpc) is 3.38. The minimum atomic E-state index is -3.77. The zero-order valence-corrected chi connectivity index (χ0v) is 16.3. The SMILES string of the molecule is Cc1noc(C)c1S(=O)(=O)N1CCCC1Cn1nc(-n2ccnc2)ccc1=O. The van der Waals surface area contributed by atoms with Crippen molar-refractivity contribution in [3.63, 3.8) is 0 Å². The van der Waals surface area contributed by atoms with Crippen molar-refractivity contribution in [3.05, 3.63) is 52.7 Å². The number of sulfonamides is 1. The Morgan fingerprint density at radius 3 is 2.79 bits per heavy atom. The lowest BCUT2D eigenvalue weighted by Gasteiger charge is -2.24. The highest BCUT2D eigenvalue weighted by Crippen LogP contribution is 2.30. The van der Waals surface area contributed by atoms with Crippen molar-refractivity contribution < 1.29 is 12.9 Å². The Labute approximate surface area is 161 Å². The summed E-state index contributed by atoms with van der Waals surface area (Å²) in [7, 11) is -3.77. The maximum atomic E-state index is 13.2. The van der Waals surface area contributed by atoms with Gasteiger partial charge in [0.15, 0.2) is 11.6 Å². The lowest BCUT2D eigenvalue weighted by atomic mass is 10.2. The van der Waals surface area contributed by atoms with Crippen LogP contribution in [0.5, 0.6) is 0 Å². The fourth-order valence-corrected chi connectivity index (χ4v) is 5.55. The maximum Gasteiger partial charge on any atom is 0.266 e. The zero-order valence-electron chi connectivity index (χ0n) is 15.5. The van der Waals surface area contributed by atoms with Crippen LogP contribution in [0.25, 0.3) is 5.82 Å². The summed E-state index contributed by atoms with van der Waals surface area (Å²) in [5, 5.41) is 8.13. The van der Waals surface area contributed by atoms with Gasteiger partial charge in [-0.2, -0.15) is 9.40 Å². The van der Waals surface area contributed by atoms with E-state index in [9.17, 15) is 13.2 Å². The number of rotatable bonds is 5. The lowest BCUT2D eigenvalue weighted by Crippen LogP contribution is -2.41. The number of hydrogen-bond acceptors (Lipinski definition) is 7. The lowest BCUT2D eigenvalue weighted by molar-refractivity contribution is 0.333. The highest BCUT2D eigenvalue weighted by Gasteiger charge is 2.39. The van der Waals surface area contributed by atoms with Gasteiger partial charge >= 0.3 is 0 Å². The summed E-state index contributed by atoms with van der Waals surface area (Å²) in [6.45, 7) is 3.74. The molecule has 1 aliphatic rings. The van der Waals surface area contributed by atoms with E-state index in [2.05, 4.69) is 15.2 Å². The molecule has 1 saturated heterocycles. The number of aryl methyl sites for hydroxylation is 2. The van der Waals surface area contributed by atoms with Gasteiger partial charge in [0.1, 0.15) is 16.9 Å². The molecule has 1 atom stereocenters. The van der Waals surface area contributed by atoms with E-state index in [1.54, 1.807) is 43.2 Å². The molecule has 4 heterocycles. The van der Waals surface area contributed by atoms with Crippen LogP contribution in [0.2, 0.25) is 0 Å². The zero-order chi connectivity index (χ0) is 19.9. The molecule has 4 rings (SSSR count). The fraction of sp³-hybridized carbons (Fsp3) is 0.412. The van der Waals surface area contributed by atoms with Crippen LogP contribution in [0.15, 0.2) is 45.1 Å². The van der Waals surface area contributed by atoms with Crippen LogP contribution >= 0.6 is 0 Å². The van der Waals surface area contributed by atoms with E-state index in [0.29, 0.717) is 30.9 Å². The second-order valence-electron chi connectivity index (χ2n) is 6.75. The van der Waals surface area contributed by atoms with E-state index < -0.39 is 10.0 Å². The van der Waals surface area contributed by atoms with E-state index in [-0.39, 0.29) is 28.8 Å². The molecule has 1 fully saturated rings. The third-order valence-corrected chi connectivity index (χ3v) is 7.06. The molecule has 11 heteroatoms. The van der Waals surface area contributed by atoms with Gasteiger partial charge in [-0.1, -0.05) is 5.16 Å². The van der Waals surface area contributed by atoms with Crippen molar-refractivity contribution >= 4 is 10.0 Å². The molecule has 1 unspecified atom stereocenters. The fourth-order valence-electron chi connectivity index (χ4n) is 3.57. The van der Waals surface area contributed by atoms with E-state index in [0.717, 1.165) is 0 Å². The number of nitrogens with zero attached hydrogens (tertiary/aromatic N) is 6. The molecule has 0 aliphatic carbocycles. The third kappa shape index (κ3) is 3.16. The van der Waals surface area contributed by atoms with Gasteiger partial charge < -0.3 is 4.52 Å². The molecule has 3 aromatic heterocycles. The topological polar surface area (TPSA) is 116 Å². The number of aromatic nitrogens is 5. The molecule has 0 aromatic carbocycles. The van der Waals surface area contributed by atoms with Crippen molar-refractivity contribution in [1.82, 2.24) is 28.8 Å². The molecule has 0 bridgehead atoms. The minimum absolute atomic E-state index is 0.104. The monoisotopic (exact) mass is 404 g/mol. The smallest absolute Gasteiger partial charge is 0.266 e. The second-order valence-corrected chi connectivity index (χ2v) is 8.57. The number of imidazole rings is 1. The summed E-state index contributed by atoms with van der Waals surface area (Å²) < 4.78 is 35.8. The summed E-state index contributed by atoms with van der Waals surface area (Å²) in [6, 6.07) is 2.65. The van der Waals surface area contributed by atoms with Crippen LogP contribution < -0.4 is 5.56 Å². The first kappa shape index (κ1) is 18.6. The summed E-state index contributed by atoms with van der Waals surface area (Å²) in [5.41, 5.74) is 0.0472. The molecule has 28 heavy (non-hydrogen) atoms. The van der Waals surface area contributed by atoms with Gasteiger partial charge in [0.05, 0.1) is 6.54 Å². The molecule has 0 amide bonds. The van der Waals surface area contributed by atoms with Gasteiger partial charge in [0.25, 0.3) is 5.56 Å². The first-order chi connectivity index (χ1) is 13.4. The summed E-state index contributed by atoms with van der Waals surface area (Å²) in [5.74, 6) is 0.802. The van der Waals surface area contributed by atoms with E-state index >= 15 is 0 Å². The van der Waals surface area contributed by atoms with Crippen molar-refractivity contribution in [2.45, 2.75) is 44.2 Å². The molecule has 148 valence electrons. The molecule has 0 saturated carbocycles. The molecular formula is C17H20N6O4S. The normalized spacial score (nSPS) is 18.0. The third-order valence-electron chi connectivity index (χ3n) is 4.86. The Balaban J connectivity index is 1.65. The van der Waals surface area contributed by atoms with Crippen LogP contribution in [0.4, 0.5) is 0 Å². The molecule has 0 radical (unpaired) electrons. The van der Waals surface area contributed by atoms with Crippen molar-refractivity contribution in [2.75, 3.05) is 6.54 Å². The molecule has 10 nitrogen and oxygen atoms in total. The van der Waals surface area contributed by atoms with Crippen molar-refractivity contribution in [3.8, 4) is 5.82 Å². The Kier molecular flexibility index (Phi) is 4.63. The predicted octanol–water partition coefficient (Wildman–Crippen LogP) is 0.887. The Hall–Kier alpha value is -2.79. The summed E-state index contributed by atoms with van der Waals surface area (Å²) >= 11 is 0. The minimum Gasteiger partial charge on any atom is -0.360 e. The summed E-state index contributed by atoms with van der Waals surface area (Å²) in [6.07, 6.45) is 6.28. The van der Waals surface area contributed by atoms with Crippen LogP contribution in [-0.4, -0.2) is 49.8 Å². The van der Waals surface area contributed by atoms with Crippen LogP contribution in [0, 0.1) is 13.8 Å². The molecule has 0 spiro atoms. The largest absolute Gasteiger partial charge is 0.360 e. The average molecular weight is 404 g/mol. The number of hydrogen-bond donors (Lipinski definition) is 0. The first-order valence-corrected chi connectivity index (χ1v) is 10.3. The van der Waals surface area contributed by atoms with Crippen LogP contribution in [0.1, 0.15) is 24.3 Å². The van der Waals surface area contributed by atoms with Crippen LogP contribution in [0.3, 0.4) is 0 Å². The van der Waals surface area contributed by atoms with Crippen molar-refractivity contribution in [2.24, 2.45) is 0 Å². The molecule has 0 N–H and O–H groups in total. The van der Waals surface area contributed by atoms with Gasteiger partial charge in [0.2, 0.25) is 10.0 Å². The highest BCUT2D eigenvalue weighted by atomic mass is 32.2. The second kappa shape index (κ2) is 6.99. The van der Waals surface area contributed by atoms with Gasteiger partial charge in [-0.15, -0.1) is 0 Å². The highest BCUT2D eigenvalue weighted by molar-refractivity contribution is 7.89. The van der Waals surface area contributed by atoms with Gasteiger partial charge in [0, 0.05) is 31.0 Å². The maximum absolute atomic E-state index is 13.2. The van der Waals surface area contributed by atoms with Gasteiger partial charge in [-0.25, -0.2) is 18.1 Å². The molecule has 1 aliphatic heterocycles. The standard InChI is InChI=1S/C17H20N6O4S/c1-12-17(13(2)27-20-12)28(25,26)23-8-3-4-14(23)10-22-16(24)6-5-15(19-22)21-9-7-18-11-21/h5-7,9,11,14H,3-4,8,10H2,1-2H3. The van der Waals surface area contributed by atoms with E-state index in [4.69, 9.17) is 4.52 Å². The summed E-state index contributed by atoms with van der Waals surface area (Å²) in [4.78, 5) is 16.4. The Morgan fingerprint density at radius 2 is 2.11 bits per heavy atom. The Bertz CT molecular complexity index is 1130. The van der Waals surface area contributed by atoms with Crippen molar-refractivity contribution in [1.29, 1.82) is 0 Å². The Morgan fingerprint density at radius 1 is 1.29 bits per heavy atom. The van der Waals surface area contributed by atoms with E-state index in [1.807, 2.05) is 0 Å². The molecular weight excluding hydrogens is 384 g/mol. The quantitative estimate of drug-likeness (QED) is 0.620. The predicted molar refractivity (Wildman–Crippen MR) is 98.5 cm³/mol. The molecule has 3 aromatic rings. The van der Waals surface area contributed by atoms with Crippen LogP contribution in [-0.2, 0) is 16.6 Å². The first-order valence-electron chi connectivity index (χ1n) is 8.89.